The monoisotopic (exact) mass is 375 g/mol. The van der Waals surface area contributed by atoms with Crippen LogP contribution in [0.3, 0.4) is 0 Å². The maximum Gasteiger partial charge on any atom is 0.418 e. The summed E-state index contributed by atoms with van der Waals surface area (Å²) >= 11 is 0. The Bertz CT molecular complexity index is 985. The molecule has 2 aromatic carbocycles. The molecule has 0 bridgehead atoms. The van der Waals surface area contributed by atoms with Gasteiger partial charge in [0, 0.05) is 16.8 Å². The van der Waals surface area contributed by atoms with E-state index in [0.717, 1.165) is 18.2 Å². The molecule has 1 amide bonds. The first-order valence-corrected chi connectivity index (χ1v) is 7.75. The zero-order valence-corrected chi connectivity index (χ0v) is 13.7. The van der Waals surface area contributed by atoms with Crippen molar-refractivity contribution < 1.29 is 22.4 Å². The van der Waals surface area contributed by atoms with E-state index in [9.17, 15) is 22.4 Å². The predicted molar refractivity (Wildman–Crippen MR) is 93.4 cm³/mol. The van der Waals surface area contributed by atoms with Crippen LogP contribution in [0.1, 0.15) is 15.9 Å². The normalized spacial score (nSPS) is 11.3. The lowest BCUT2D eigenvalue weighted by molar-refractivity contribution is -0.136. The zero-order valence-electron chi connectivity index (χ0n) is 13.7. The average molecular weight is 375 g/mol. The Morgan fingerprint density at radius 3 is 2.37 bits per heavy atom. The number of nitrogens with zero attached hydrogens (tertiary/aromatic N) is 1. The Balaban J connectivity index is 1.77. The summed E-state index contributed by atoms with van der Waals surface area (Å²) in [5, 5.41) is 2.50. The number of halogens is 4. The number of pyridine rings is 1. The highest BCUT2D eigenvalue weighted by atomic mass is 19.4. The van der Waals surface area contributed by atoms with Gasteiger partial charge in [0.2, 0.25) is 0 Å². The lowest BCUT2D eigenvalue weighted by Gasteiger charge is -2.11. The van der Waals surface area contributed by atoms with Crippen molar-refractivity contribution in [3.05, 3.63) is 77.7 Å². The van der Waals surface area contributed by atoms with E-state index >= 15 is 0 Å². The molecular formula is C19H13F4N3O. The van der Waals surface area contributed by atoms with E-state index in [1.165, 1.54) is 24.4 Å². The van der Waals surface area contributed by atoms with E-state index < -0.39 is 29.2 Å². The van der Waals surface area contributed by atoms with Gasteiger partial charge in [0.25, 0.3) is 5.91 Å². The van der Waals surface area contributed by atoms with Crippen LogP contribution in [-0.4, -0.2) is 10.9 Å². The van der Waals surface area contributed by atoms with Crippen molar-refractivity contribution in [2.24, 2.45) is 0 Å². The molecule has 1 heterocycles. The van der Waals surface area contributed by atoms with Gasteiger partial charge in [-0.2, -0.15) is 13.2 Å². The third-order valence-electron chi connectivity index (χ3n) is 3.79. The standard InChI is InChI=1S/C19H13F4N3O/c20-15-4-2-1-3-13(15)17-8-6-12(10-25-17)26-18(27)11-5-7-14(16(24)9-11)19(21,22)23/h1-10H,24H2,(H,26,27). The van der Waals surface area contributed by atoms with Crippen molar-refractivity contribution in [2.75, 3.05) is 11.1 Å². The number of anilines is 2. The first-order chi connectivity index (χ1) is 12.8. The van der Waals surface area contributed by atoms with Crippen molar-refractivity contribution >= 4 is 17.3 Å². The maximum absolute atomic E-state index is 13.8. The maximum atomic E-state index is 13.8. The highest BCUT2D eigenvalue weighted by molar-refractivity contribution is 6.04. The van der Waals surface area contributed by atoms with Gasteiger partial charge < -0.3 is 11.1 Å². The van der Waals surface area contributed by atoms with Crippen molar-refractivity contribution in [3.63, 3.8) is 0 Å². The summed E-state index contributed by atoms with van der Waals surface area (Å²) in [4.78, 5) is 16.3. The minimum atomic E-state index is -4.59. The Kier molecular flexibility index (Phi) is 4.81. The van der Waals surface area contributed by atoms with E-state index in [1.54, 1.807) is 18.2 Å². The second-order valence-electron chi connectivity index (χ2n) is 5.67. The Hall–Kier alpha value is -3.42. The molecular weight excluding hydrogens is 362 g/mol. The van der Waals surface area contributed by atoms with E-state index in [2.05, 4.69) is 10.3 Å². The molecule has 0 atom stereocenters. The molecule has 3 N–H and O–H groups in total. The van der Waals surface area contributed by atoms with Gasteiger partial charge in [-0.25, -0.2) is 4.39 Å². The second kappa shape index (κ2) is 7.06. The second-order valence-corrected chi connectivity index (χ2v) is 5.67. The third kappa shape index (κ3) is 4.05. The fourth-order valence-corrected chi connectivity index (χ4v) is 2.46. The SMILES string of the molecule is Nc1cc(C(=O)Nc2ccc(-c3ccccc3F)nc2)ccc1C(F)(F)F. The van der Waals surface area contributed by atoms with Crippen LogP contribution in [0.4, 0.5) is 28.9 Å². The summed E-state index contributed by atoms with van der Waals surface area (Å²) in [6.45, 7) is 0. The van der Waals surface area contributed by atoms with Crippen LogP contribution in [0.15, 0.2) is 60.8 Å². The van der Waals surface area contributed by atoms with Gasteiger partial charge in [0.05, 0.1) is 23.1 Å². The van der Waals surface area contributed by atoms with Crippen LogP contribution in [0, 0.1) is 5.82 Å². The van der Waals surface area contributed by atoms with Crippen LogP contribution in [0.2, 0.25) is 0 Å². The lowest BCUT2D eigenvalue weighted by atomic mass is 10.1. The molecule has 3 aromatic rings. The molecule has 0 radical (unpaired) electrons. The Labute approximate surface area is 151 Å². The summed E-state index contributed by atoms with van der Waals surface area (Å²) in [7, 11) is 0. The molecule has 3 rings (SSSR count). The fraction of sp³-hybridized carbons (Fsp3) is 0.0526. The molecule has 138 valence electrons. The number of hydrogen-bond acceptors (Lipinski definition) is 3. The summed E-state index contributed by atoms with van der Waals surface area (Å²) < 4.78 is 51.9. The van der Waals surface area contributed by atoms with Crippen molar-refractivity contribution in [1.82, 2.24) is 4.98 Å². The van der Waals surface area contributed by atoms with Gasteiger partial charge in [-0.3, -0.25) is 9.78 Å². The number of nitrogens with one attached hydrogen (secondary N) is 1. The minimum Gasteiger partial charge on any atom is -0.398 e. The topological polar surface area (TPSA) is 68.0 Å². The molecule has 4 nitrogen and oxygen atoms in total. The molecule has 0 fully saturated rings. The number of amides is 1. The lowest BCUT2D eigenvalue weighted by Crippen LogP contribution is -2.14. The number of rotatable bonds is 3. The molecule has 0 aliphatic rings. The summed E-state index contributed by atoms with van der Waals surface area (Å²) in [5.41, 5.74) is 4.81. The largest absolute Gasteiger partial charge is 0.418 e. The number of carbonyl (C=O) groups is 1. The molecule has 0 saturated carbocycles. The van der Waals surface area contributed by atoms with Gasteiger partial charge in [0.15, 0.2) is 0 Å². The number of nitrogens with two attached hydrogens (primary N) is 1. The summed E-state index contributed by atoms with van der Waals surface area (Å²) in [5.74, 6) is -1.07. The molecule has 1 aromatic heterocycles. The van der Waals surface area contributed by atoms with E-state index in [4.69, 9.17) is 5.73 Å². The zero-order chi connectivity index (χ0) is 19.6. The number of nitrogen functional groups attached to an aromatic ring is 1. The Morgan fingerprint density at radius 1 is 1.04 bits per heavy atom. The van der Waals surface area contributed by atoms with Crippen LogP contribution >= 0.6 is 0 Å². The van der Waals surface area contributed by atoms with Crippen molar-refractivity contribution in [2.45, 2.75) is 6.18 Å². The number of alkyl halides is 3. The Morgan fingerprint density at radius 2 is 1.78 bits per heavy atom. The van der Waals surface area contributed by atoms with Crippen molar-refractivity contribution in [1.29, 1.82) is 0 Å². The van der Waals surface area contributed by atoms with Crippen molar-refractivity contribution in [3.8, 4) is 11.3 Å². The predicted octanol–water partition coefficient (Wildman–Crippen LogP) is 4.74. The quantitative estimate of drug-likeness (QED) is 0.513. The average Bonchev–Trinajstić information content (AvgIpc) is 2.62. The first-order valence-electron chi connectivity index (χ1n) is 7.75. The molecule has 0 unspecified atom stereocenters. The molecule has 0 aliphatic carbocycles. The van der Waals surface area contributed by atoms with Gasteiger partial charge in [0.1, 0.15) is 5.82 Å². The first kappa shape index (κ1) is 18.4. The molecule has 27 heavy (non-hydrogen) atoms. The van der Waals surface area contributed by atoms with E-state index in [1.807, 2.05) is 0 Å². The molecule has 8 heteroatoms. The third-order valence-corrected chi connectivity index (χ3v) is 3.79. The van der Waals surface area contributed by atoms with Gasteiger partial charge in [-0.15, -0.1) is 0 Å². The number of carbonyl (C=O) groups excluding carboxylic acids is 1. The highest BCUT2D eigenvalue weighted by Crippen LogP contribution is 2.33. The van der Waals surface area contributed by atoms with E-state index in [0.29, 0.717) is 16.9 Å². The van der Waals surface area contributed by atoms with Crippen LogP contribution in [0.5, 0.6) is 0 Å². The number of hydrogen-bond donors (Lipinski definition) is 2. The highest BCUT2D eigenvalue weighted by Gasteiger charge is 2.33. The smallest absolute Gasteiger partial charge is 0.398 e. The summed E-state index contributed by atoms with van der Waals surface area (Å²) in [6, 6.07) is 11.9. The van der Waals surface area contributed by atoms with Gasteiger partial charge in [-0.1, -0.05) is 12.1 Å². The van der Waals surface area contributed by atoms with Gasteiger partial charge >= 0.3 is 6.18 Å². The van der Waals surface area contributed by atoms with Crippen LogP contribution in [-0.2, 0) is 6.18 Å². The van der Waals surface area contributed by atoms with Crippen LogP contribution < -0.4 is 11.1 Å². The van der Waals surface area contributed by atoms with Crippen LogP contribution in [0.25, 0.3) is 11.3 Å². The minimum absolute atomic E-state index is 0.0290. The fourth-order valence-electron chi connectivity index (χ4n) is 2.46. The molecule has 0 aliphatic heterocycles. The summed E-state index contributed by atoms with van der Waals surface area (Å²) in [6.07, 6.45) is -3.27. The van der Waals surface area contributed by atoms with E-state index in [-0.39, 0.29) is 5.56 Å². The van der Waals surface area contributed by atoms with Gasteiger partial charge in [-0.05, 0) is 42.5 Å². The molecule has 0 saturated heterocycles. The molecule has 0 spiro atoms. The number of aromatic nitrogens is 1. The number of benzene rings is 2.